The van der Waals surface area contributed by atoms with E-state index in [0.717, 1.165) is 16.2 Å². The first kappa shape index (κ1) is 13.6. The fourth-order valence-corrected chi connectivity index (χ4v) is 2.60. The van der Waals surface area contributed by atoms with Gasteiger partial charge in [-0.2, -0.15) is 0 Å². The molecular weight excluding hydrogens is 286 g/mol. The summed E-state index contributed by atoms with van der Waals surface area (Å²) in [6.07, 6.45) is 1.69. The third kappa shape index (κ3) is 2.87. The number of cyclic esters (lactones) is 1. The Morgan fingerprint density at radius 3 is 2.90 bits per heavy atom. The highest BCUT2D eigenvalue weighted by Gasteiger charge is 2.24. The molecule has 0 unspecified atom stereocenters. The Morgan fingerprint density at radius 1 is 1.29 bits per heavy atom. The molecule has 0 amide bonds. The number of aliphatic imine (C=N–C) groups is 1. The van der Waals surface area contributed by atoms with Crippen LogP contribution in [0.4, 0.5) is 0 Å². The van der Waals surface area contributed by atoms with Crippen LogP contribution in [0, 0.1) is 0 Å². The largest absolute Gasteiger partial charge is 0.493 e. The van der Waals surface area contributed by atoms with Gasteiger partial charge in [0.05, 0.1) is 11.5 Å². The van der Waals surface area contributed by atoms with Crippen molar-refractivity contribution in [2.45, 2.75) is 6.92 Å². The Kier molecular flexibility index (Phi) is 3.83. The zero-order valence-corrected chi connectivity index (χ0v) is 12.2. The molecule has 1 aliphatic heterocycles. The van der Waals surface area contributed by atoms with E-state index in [9.17, 15) is 4.79 Å². The molecule has 21 heavy (non-hydrogen) atoms. The monoisotopic (exact) mass is 299 g/mol. The molecule has 0 saturated heterocycles. The second kappa shape index (κ2) is 5.93. The average Bonchev–Trinajstić information content (AvgIpc) is 3.12. The highest BCUT2D eigenvalue weighted by Crippen LogP contribution is 2.25. The van der Waals surface area contributed by atoms with Crippen LogP contribution in [-0.4, -0.2) is 18.5 Å². The van der Waals surface area contributed by atoms with Crippen LogP contribution in [0.5, 0.6) is 5.75 Å². The zero-order chi connectivity index (χ0) is 14.7. The molecule has 0 spiro atoms. The summed E-state index contributed by atoms with van der Waals surface area (Å²) in [5.74, 6) is 0.639. The topological polar surface area (TPSA) is 47.9 Å². The van der Waals surface area contributed by atoms with Gasteiger partial charge in [0.2, 0.25) is 5.90 Å². The van der Waals surface area contributed by atoms with Gasteiger partial charge in [-0.05, 0) is 30.5 Å². The minimum atomic E-state index is -0.440. The maximum atomic E-state index is 11.9. The minimum Gasteiger partial charge on any atom is -0.493 e. The van der Waals surface area contributed by atoms with Gasteiger partial charge >= 0.3 is 5.97 Å². The maximum Gasteiger partial charge on any atom is 0.363 e. The zero-order valence-electron chi connectivity index (χ0n) is 11.4. The molecule has 0 aliphatic carbocycles. The molecule has 3 rings (SSSR count). The van der Waals surface area contributed by atoms with Crippen molar-refractivity contribution in [1.82, 2.24) is 0 Å². The van der Waals surface area contributed by atoms with E-state index in [1.165, 1.54) is 11.3 Å². The minimum absolute atomic E-state index is 0.283. The molecule has 2 aromatic rings. The molecule has 0 N–H and O–H groups in total. The lowest BCUT2D eigenvalue weighted by Crippen LogP contribution is -2.03. The summed E-state index contributed by atoms with van der Waals surface area (Å²) in [5, 5.41) is 1.91. The number of carbonyl (C=O) groups is 1. The van der Waals surface area contributed by atoms with E-state index in [1.807, 2.05) is 48.7 Å². The van der Waals surface area contributed by atoms with Crippen LogP contribution in [0.2, 0.25) is 0 Å². The second-order valence-corrected chi connectivity index (χ2v) is 5.23. The molecular formula is C16H13NO3S. The number of hydrogen-bond donors (Lipinski definition) is 0. The van der Waals surface area contributed by atoms with Crippen LogP contribution in [0.15, 0.2) is 52.5 Å². The van der Waals surface area contributed by atoms with Crippen molar-refractivity contribution in [1.29, 1.82) is 0 Å². The lowest BCUT2D eigenvalue weighted by molar-refractivity contribution is -0.129. The van der Waals surface area contributed by atoms with Crippen molar-refractivity contribution in [3.63, 3.8) is 0 Å². The molecule has 0 bridgehead atoms. The van der Waals surface area contributed by atoms with Gasteiger partial charge in [-0.25, -0.2) is 9.79 Å². The van der Waals surface area contributed by atoms with Crippen LogP contribution in [0.25, 0.3) is 6.08 Å². The molecule has 0 saturated carbocycles. The molecule has 5 heteroatoms. The van der Waals surface area contributed by atoms with Crippen molar-refractivity contribution in [3.05, 3.63) is 57.9 Å². The number of rotatable bonds is 4. The van der Waals surface area contributed by atoms with E-state index in [0.29, 0.717) is 12.5 Å². The molecule has 0 atom stereocenters. The Bertz CT molecular complexity index is 717. The Balaban J connectivity index is 1.95. The molecule has 1 aromatic heterocycles. The van der Waals surface area contributed by atoms with Crippen LogP contribution < -0.4 is 4.74 Å². The van der Waals surface area contributed by atoms with Crippen molar-refractivity contribution in [2.24, 2.45) is 4.99 Å². The van der Waals surface area contributed by atoms with Gasteiger partial charge in [-0.3, -0.25) is 0 Å². The Morgan fingerprint density at radius 2 is 2.14 bits per heavy atom. The summed E-state index contributed by atoms with van der Waals surface area (Å²) in [7, 11) is 0. The second-order valence-electron chi connectivity index (χ2n) is 4.28. The summed E-state index contributed by atoms with van der Waals surface area (Å²) < 4.78 is 10.7. The Hall–Kier alpha value is -2.40. The Labute approximate surface area is 126 Å². The van der Waals surface area contributed by atoms with Crippen LogP contribution in [0.3, 0.4) is 0 Å². The van der Waals surface area contributed by atoms with Crippen molar-refractivity contribution in [3.8, 4) is 5.75 Å². The molecule has 4 nitrogen and oxygen atoms in total. The lowest BCUT2D eigenvalue weighted by Gasteiger charge is -2.06. The first-order chi connectivity index (χ1) is 10.3. The van der Waals surface area contributed by atoms with E-state index in [4.69, 9.17) is 9.47 Å². The molecule has 106 valence electrons. The van der Waals surface area contributed by atoms with Gasteiger partial charge < -0.3 is 9.47 Å². The number of esters is 1. The van der Waals surface area contributed by atoms with Gasteiger partial charge in [-0.15, -0.1) is 11.3 Å². The smallest absolute Gasteiger partial charge is 0.363 e. The van der Waals surface area contributed by atoms with E-state index in [-0.39, 0.29) is 5.70 Å². The number of para-hydroxylation sites is 1. The predicted molar refractivity (Wildman–Crippen MR) is 82.5 cm³/mol. The first-order valence-corrected chi connectivity index (χ1v) is 7.44. The van der Waals surface area contributed by atoms with E-state index in [1.54, 1.807) is 6.08 Å². The van der Waals surface area contributed by atoms with E-state index in [2.05, 4.69) is 4.99 Å². The van der Waals surface area contributed by atoms with E-state index < -0.39 is 5.97 Å². The van der Waals surface area contributed by atoms with Gasteiger partial charge in [0.25, 0.3) is 0 Å². The normalized spacial score (nSPS) is 16.0. The highest BCUT2D eigenvalue weighted by atomic mass is 32.1. The van der Waals surface area contributed by atoms with Crippen molar-refractivity contribution in [2.75, 3.05) is 6.61 Å². The average molecular weight is 299 g/mol. The van der Waals surface area contributed by atoms with Crippen molar-refractivity contribution < 1.29 is 14.3 Å². The van der Waals surface area contributed by atoms with Crippen LogP contribution in [0.1, 0.15) is 17.4 Å². The standard InChI is InChI=1S/C16H13NO3S/c1-2-19-13-7-4-3-6-11(13)10-12-16(18)20-15(17-12)14-8-5-9-21-14/h3-10H,2H2,1H3/b12-10+. The molecule has 0 radical (unpaired) electrons. The number of ether oxygens (including phenoxy) is 2. The number of benzene rings is 1. The number of hydrogen-bond acceptors (Lipinski definition) is 5. The number of nitrogens with zero attached hydrogens (tertiary/aromatic N) is 1. The van der Waals surface area contributed by atoms with Gasteiger partial charge in [0.1, 0.15) is 5.75 Å². The molecule has 1 aromatic carbocycles. The predicted octanol–water partition coefficient (Wildman–Crippen LogP) is 3.49. The lowest BCUT2D eigenvalue weighted by atomic mass is 10.1. The quantitative estimate of drug-likeness (QED) is 0.641. The fraction of sp³-hybridized carbons (Fsp3) is 0.125. The van der Waals surface area contributed by atoms with E-state index >= 15 is 0 Å². The third-order valence-electron chi connectivity index (χ3n) is 2.86. The molecule has 1 aliphatic rings. The molecule has 0 fully saturated rings. The van der Waals surface area contributed by atoms with Gasteiger partial charge in [-0.1, -0.05) is 24.3 Å². The summed E-state index contributed by atoms with van der Waals surface area (Å²) >= 11 is 1.48. The van der Waals surface area contributed by atoms with Gasteiger partial charge in [0.15, 0.2) is 5.70 Å². The third-order valence-corrected chi connectivity index (χ3v) is 3.72. The summed E-state index contributed by atoms with van der Waals surface area (Å²) in [5.41, 5.74) is 1.09. The number of carbonyl (C=O) groups excluding carboxylic acids is 1. The summed E-state index contributed by atoms with van der Waals surface area (Å²) in [6, 6.07) is 11.3. The molecule has 2 heterocycles. The maximum absolute atomic E-state index is 11.9. The SMILES string of the molecule is CCOc1ccccc1/C=C1/N=C(c2cccs2)OC1=O. The van der Waals surface area contributed by atoms with Crippen LogP contribution in [-0.2, 0) is 9.53 Å². The number of thiophene rings is 1. The highest BCUT2D eigenvalue weighted by molar-refractivity contribution is 7.12. The van der Waals surface area contributed by atoms with Crippen molar-refractivity contribution >= 4 is 29.3 Å². The summed E-state index contributed by atoms with van der Waals surface area (Å²) in [6.45, 7) is 2.48. The first-order valence-electron chi connectivity index (χ1n) is 6.56. The summed E-state index contributed by atoms with van der Waals surface area (Å²) in [4.78, 5) is 17.0. The van der Waals surface area contributed by atoms with Crippen LogP contribution >= 0.6 is 11.3 Å². The van der Waals surface area contributed by atoms with Gasteiger partial charge in [0, 0.05) is 5.56 Å². The fourth-order valence-electron chi connectivity index (χ4n) is 1.95.